The first-order valence-corrected chi connectivity index (χ1v) is 7.94. The van der Waals surface area contributed by atoms with Gasteiger partial charge in [0.2, 0.25) is 0 Å². The lowest BCUT2D eigenvalue weighted by molar-refractivity contribution is 0.606. The summed E-state index contributed by atoms with van der Waals surface area (Å²) in [5.74, 6) is 0. The van der Waals surface area contributed by atoms with Crippen LogP contribution < -0.4 is 5.32 Å². The molecule has 0 fully saturated rings. The van der Waals surface area contributed by atoms with Gasteiger partial charge in [0.25, 0.3) is 0 Å². The molecule has 0 amide bonds. The summed E-state index contributed by atoms with van der Waals surface area (Å²) in [6, 6.07) is 10.0. The lowest BCUT2D eigenvalue weighted by atomic mass is 10.0. The number of aryl methyl sites for hydroxylation is 1. The molecule has 1 nitrogen and oxygen atoms in total. The Hall–Kier alpha value is -0.540. The Morgan fingerprint density at radius 2 is 1.84 bits per heavy atom. The highest BCUT2D eigenvalue weighted by Gasteiger charge is 2.20. The zero-order valence-corrected chi connectivity index (χ0v) is 13.4. The highest BCUT2D eigenvalue weighted by atomic mass is 35.5. The maximum Gasteiger partial charge on any atom is 0.0700 e. The maximum absolute atomic E-state index is 6.34. The molecule has 0 aliphatic rings. The van der Waals surface area contributed by atoms with Crippen molar-refractivity contribution in [1.29, 1.82) is 0 Å². The molecule has 0 bridgehead atoms. The molecule has 0 saturated carbocycles. The van der Waals surface area contributed by atoms with E-state index in [1.165, 1.54) is 9.75 Å². The second-order valence-electron chi connectivity index (χ2n) is 4.47. The van der Waals surface area contributed by atoms with E-state index in [9.17, 15) is 0 Å². The molecule has 19 heavy (non-hydrogen) atoms. The normalized spacial score (nSPS) is 12.6. The van der Waals surface area contributed by atoms with Gasteiger partial charge in [0.15, 0.2) is 0 Å². The zero-order valence-electron chi connectivity index (χ0n) is 11.0. The third-order valence-corrected chi connectivity index (χ3v) is 4.66. The summed E-state index contributed by atoms with van der Waals surface area (Å²) in [6.45, 7) is 5.19. The molecule has 4 heteroatoms. The van der Waals surface area contributed by atoms with Crippen LogP contribution in [0.4, 0.5) is 0 Å². The van der Waals surface area contributed by atoms with E-state index in [1.807, 2.05) is 18.2 Å². The molecule has 1 aromatic heterocycles. The predicted octanol–water partition coefficient (Wildman–Crippen LogP) is 5.45. The first-order valence-electron chi connectivity index (χ1n) is 6.37. The van der Waals surface area contributed by atoms with Crippen LogP contribution in [-0.2, 0) is 0 Å². The summed E-state index contributed by atoms with van der Waals surface area (Å²) in [6.07, 6.45) is 1.07. The number of benzene rings is 1. The Labute approximate surface area is 128 Å². The van der Waals surface area contributed by atoms with Crippen LogP contribution >= 0.6 is 34.5 Å². The van der Waals surface area contributed by atoms with Crippen LogP contribution in [0.3, 0.4) is 0 Å². The molecule has 2 rings (SSSR count). The zero-order chi connectivity index (χ0) is 13.8. The molecule has 2 aromatic rings. The van der Waals surface area contributed by atoms with Crippen molar-refractivity contribution >= 4 is 34.5 Å². The van der Waals surface area contributed by atoms with Crippen LogP contribution in [0.1, 0.15) is 34.7 Å². The van der Waals surface area contributed by atoms with Crippen molar-refractivity contribution in [3.63, 3.8) is 0 Å². The first kappa shape index (κ1) is 14.9. The Morgan fingerprint density at radius 3 is 2.37 bits per heavy atom. The molecular formula is C15H17Cl2NS. The van der Waals surface area contributed by atoms with E-state index in [-0.39, 0.29) is 6.04 Å². The number of rotatable bonds is 5. The van der Waals surface area contributed by atoms with E-state index in [0.717, 1.165) is 18.5 Å². The van der Waals surface area contributed by atoms with E-state index < -0.39 is 0 Å². The van der Waals surface area contributed by atoms with Gasteiger partial charge in [-0.3, -0.25) is 0 Å². The molecule has 1 atom stereocenters. The van der Waals surface area contributed by atoms with Crippen LogP contribution in [0.15, 0.2) is 30.3 Å². The monoisotopic (exact) mass is 313 g/mol. The van der Waals surface area contributed by atoms with Crippen LogP contribution in [0, 0.1) is 6.92 Å². The number of hydrogen-bond acceptors (Lipinski definition) is 2. The Morgan fingerprint density at radius 1 is 1.16 bits per heavy atom. The molecule has 1 unspecified atom stereocenters. The third kappa shape index (κ3) is 3.51. The van der Waals surface area contributed by atoms with Crippen molar-refractivity contribution in [3.8, 4) is 0 Å². The maximum atomic E-state index is 6.34. The molecule has 0 aliphatic heterocycles. The van der Waals surface area contributed by atoms with Crippen molar-refractivity contribution in [1.82, 2.24) is 5.32 Å². The van der Waals surface area contributed by atoms with E-state index in [4.69, 9.17) is 23.2 Å². The predicted molar refractivity (Wildman–Crippen MR) is 85.7 cm³/mol. The summed E-state index contributed by atoms with van der Waals surface area (Å²) < 4.78 is 0. The Bertz CT molecular complexity index is 531. The molecule has 0 aliphatic carbocycles. The molecule has 0 spiro atoms. The van der Waals surface area contributed by atoms with Crippen molar-refractivity contribution < 1.29 is 0 Å². The van der Waals surface area contributed by atoms with Crippen LogP contribution in [-0.4, -0.2) is 6.54 Å². The minimum absolute atomic E-state index is 0.0693. The second kappa shape index (κ2) is 6.76. The van der Waals surface area contributed by atoms with Crippen molar-refractivity contribution in [2.45, 2.75) is 26.3 Å². The van der Waals surface area contributed by atoms with Gasteiger partial charge in [-0.25, -0.2) is 0 Å². The average molecular weight is 314 g/mol. The molecule has 1 aromatic carbocycles. The van der Waals surface area contributed by atoms with Crippen LogP contribution in [0.25, 0.3) is 0 Å². The second-order valence-corrected chi connectivity index (χ2v) is 6.60. The van der Waals surface area contributed by atoms with E-state index in [2.05, 4.69) is 31.3 Å². The molecule has 1 heterocycles. The number of nitrogens with one attached hydrogen (secondary N) is 1. The summed E-state index contributed by atoms with van der Waals surface area (Å²) in [4.78, 5) is 2.54. The van der Waals surface area contributed by atoms with Gasteiger partial charge in [0.05, 0.1) is 6.04 Å². The summed E-state index contributed by atoms with van der Waals surface area (Å²) in [7, 11) is 0. The van der Waals surface area contributed by atoms with Crippen LogP contribution in [0.2, 0.25) is 10.0 Å². The topological polar surface area (TPSA) is 12.0 Å². The number of halogens is 2. The molecule has 0 radical (unpaired) electrons. The largest absolute Gasteiger partial charge is 0.306 e. The quantitative estimate of drug-likeness (QED) is 0.773. The fourth-order valence-electron chi connectivity index (χ4n) is 2.03. The number of thiophene rings is 1. The van der Waals surface area contributed by atoms with Gasteiger partial charge in [-0.05, 0) is 44.2 Å². The summed E-state index contributed by atoms with van der Waals surface area (Å²) in [5, 5.41) is 4.97. The van der Waals surface area contributed by atoms with Gasteiger partial charge >= 0.3 is 0 Å². The lowest BCUT2D eigenvalue weighted by Gasteiger charge is -2.20. The Kier molecular flexibility index (Phi) is 5.28. The van der Waals surface area contributed by atoms with Crippen LogP contribution in [0.5, 0.6) is 0 Å². The fourth-order valence-corrected chi connectivity index (χ4v) is 3.61. The van der Waals surface area contributed by atoms with Gasteiger partial charge < -0.3 is 5.32 Å². The smallest absolute Gasteiger partial charge is 0.0700 e. The van der Waals surface area contributed by atoms with Gasteiger partial charge in [0.1, 0.15) is 0 Å². The summed E-state index contributed by atoms with van der Waals surface area (Å²) >= 11 is 14.5. The van der Waals surface area contributed by atoms with Gasteiger partial charge in [-0.2, -0.15) is 0 Å². The van der Waals surface area contributed by atoms with Gasteiger partial charge in [-0.1, -0.05) is 36.2 Å². The van der Waals surface area contributed by atoms with Crippen molar-refractivity contribution in [2.75, 3.05) is 6.54 Å². The van der Waals surface area contributed by atoms with E-state index in [1.54, 1.807) is 11.3 Å². The Balaban J connectivity index is 2.42. The van der Waals surface area contributed by atoms with Gasteiger partial charge in [0, 0.05) is 25.4 Å². The lowest BCUT2D eigenvalue weighted by Crippen LogP contribution is -2.23. The molecule has 0 saturated heterocycles. The highest BCUT2D eigenvalue weighted by molar-refractivity contribution is 7.12. The third-order valence-electron chi connectivity index (χ3n) is 2.93. The van der Waals surface area contributed by atoms with E-state index >= 15 is 0 Å². The highest BCUT2D eigenvalue weighted by Crippen LogP contribution is 2.36. The molecular weight excluding hydrogens is 297 g/mol. The average Bonchev–Trinajstić information content (AvgIpc) is 2.79. The number of hydrogen-bond donors (Lipinski definition) is 1. The van der Waals surface area contributed by atoms with Crippen molar-refractivity contribution in [2.24, 2.45) is 0 Å². The minimum atomic E-state index is 0.0693. The summed E-state index contributed by atoms with van der Waals surface area (Å²) in [5.41, 5.74) is 0.973. The standard InChI is InChI=1S/C15H17Cl2NS/c1-3-9-18-15(13-8-7-10(2)19-13)14-11(16)5-4-6-12(14)17/h4-8,15,18H,3,9H2,1-2H3. The van der Waals surface area contributed by atoms with Gasteiger partial charge in [-0.15, -0.1) is 11.3 Å². The first-order chi connectivity index (χ1) is 9.13. The van der Waals surface area contributed by atoms with E-state index in [0.29, 0.717) is 10.0 Å². The van der Waals surface area contributed by atoms with Crippen molar-refractivity contribution in [3.05, 3.63) is 55.7 Å². The minimum Gasteiger partial charge on any atom is -0.306 e. The SMILES string of the molecule is CCCNC(c1ccc(C)s1)c1c(Cl)cccc1Cl. The molecule has 102 valence electrons. The molecule has 1 N–H and O–H groups in total. The fraction of sp³-hybridized carbons (Fsp3) is 0.333.